The van der Waals surface area contributed by atoms with Crippen LogP contribution in [0.2, 0.25) is 5.02 Å². The third-order valence-electron chi connectivity index (χ3n) is 2.83. The summed E-state index contributed by atoms with van der Waals surface area (Å²) in [5, 5.41) is 0.742. The number of H-pyrrole nitrogens is 1. The molecule has 0 amide bonds. The van der Waals surface area contributed by atoms with E-state index in [9.17, 15) is 0 Å². The van der Waals surface area contributed by atoms with Crippen LogP contribution in [0.1, 0.15) is 13.8 Å². The van der Waals surface area contributed by atoms with Crippen LogP contribution < -0.4 is 0 Å². The van der Waals surface area contributed by atoms with Crippen molar-refractivity contribution < 1.29 is 0 Å². The Morgan fingerprint density at radius 1 is 1.47 bits per heavy atom. The van der Waals surface area contributed by atoms with Gasteiger partial charge >= 0.3 is 0 Å². The van der Waals surface area contributed by atoms with Crippen LogP contribution >= 0.6 is 35.6 Å². The molecule has 0 unspecified atom stereocenters. The molecule has 0 aliphatic carbocycles. The lowest BCUT2D eigenvalue weighted by atomic mass is 10.2. The number of para-hydroxylation sites is 1. The third kappa shape index (κ3) is 2.54. The molecule has 1 aromatic heterocycles. The Balaban J connectivity index is 2.61. The molecule has 2 nitrogen and oxygen atoms in total. The summed E-state index contributed by atoms with van der Waals surface area (Å²) in [5.74, 6) is 0. The molecule has 1 aromatic carbocycles. The zero-order valence-electron chi connectivity index (χ0n) is 10.1. The van der Waals surface area contributed by atoms with Gasteiger partial charge in [0.05, 0.1) is 16.1 Å². The van der Waals surface area contributed by atoms with Crippen molar-refractivity contribution in [2.75, 3.05) is 6.26 Å². The fraction of sp³-hybridized carbons (Fsp3) is 0.417. The van der Waals surface area contributed by atoms with E-state index in [1.165, 1.54) is 0 Å². The molecule has 1 N–H and O–H groups in total. The third-order valence-corrected chi connectivity index (χ3v) is 4.70. The van der Waals surface area contributed by atoms with E-state index in [1.54, 1.807) is 0 Å². The second-order valence-corrected chi connectivity index (χ2v) is 6.92. The number of benzene rings is 1. The minimum Gasteiger partial charge on any atom is -0.331 e. The number of rotatable bonds is 3. The number of imidazole rings is 1. The van der Waals surface area contributed by atoms with Crippen molar-refractivity contribution in [3.63, 3.8) is 0 Å². The monoisotopic (exact) mass is 286 g/mol. The fourth-order valence-electron chi connectivity index (χ4n) is 1.77. The lowest BCUT2D eigenvalue weighted by Gasteiger charge is -2.23. The fourth-order valence-corrected chi connectivity index (χ4v) is 2.57. The molecule has 0 aliphatic rings. The molecule has 0 bridgehead atoms. The summed E-state index contributed by atoms with van der Waals surface area (Å²) in [5.41, 5.74) is 2.00. The zero-order chi connectivity index (χ0) is 12.6. The van der Waals surface area contributed by atoms with Gasteiger partial charge in [0.25, 0.3) is 0 Å². The van der Waals surface area contributed by atoms with E-state index in [0.717, 1.165) is 27.4 Å². The average molecular weight is 287 g/mol. The highest BCUT2D eigenvalue weighted by atomic mass is 35.5. The molecule has 0 saturated carbocycles. The molecule has 0 fully saturated rings. The molecule has 17 heavy (non-hydrogen) atoms. The molecule has 0 atom stereocenters. The molecule has 2 rings (SSSR count). The number of aromatic nitrogens is 2. The Morgan fingerprint density at radius 2 is 2.18 bits per heavy atom. The largest absolute Gasteiger partial charge is 0.331 e. The molecule has 92 valence electrons. The topological polar surface area (TPSA) is 20.7 Å². The molecule has 5 heteroatoms. The number of hydrogen-bond donors (Lipinski definition) is 1. The van der Waals surface area contributed by atoms with Crippen LogP contribution in [-0.4, -0.2) is 20.6 Å². The molecule has 1 heterocycles. The number of fused-ring (bicyclic) bond motifs is 1. The second kappa shape index (κ2) is 4.67. The first-order valence-electron chi connectivity index (χ1n) is 5.37. The Labute approximate surface area is 115 Å². The number of nitrogens with zero attached hydrogens (tertiary/aromatic N) is 1. The van der Waals surface area contributed by atoms with Crippen LogP contribution in [0.3, 0.4) is 0 Å². The van der Waals surface area contributed by atoms with Crippen molar-refractivity contribution in [2.24, 2.45) is 0 Å². The first-order valence-corrected chi connectivity index (χ1v) is 7.38. The molecule has 0 radical (unpaired) electrons. The summed E-state index contributed by atoms with van der Waals surface area (Å²) in [7, 11) is 0. The predicted molar refractivity (Wildman–Crippen MR) is 79.7 cm³/mol. The zero-order valence-corrected chi connectivity index (χ0v) is 12.5. The molecule has 0 aliphatic heterocycles. The van der Waals surface area contributed by atoms with Crippen LogP contribution in [-0.2, 0) is 6.54 Å². The van der Waals surface area contributed by atoms with Gasteiger partial charge in [-0.2, -0.15) is 11.8 Å². The highest BCUT2D eigenvalue weighted by molar-refractivity contribution is 7.99. The number of nitrogens with one attached hydrogen (secondary N) is 1. The van der Waals surface area contributed by atoms with Gasteiger partial charge in [-0.25, -0.2) is 0 Å². The Bertz CT molecular complexity index is 598. The van der Waals surface area contributed by atoms with E-state index in [2.05, 4.69) is 29.7 Å². The van der Waals surface area contributed by atoms with Gasteiger partial charge in [0, 0.05) is 11.3 Å². The first kappa shape index (κ1) is 13.0. The average Bonchev–Trinajstić information content (AvgIpc) is 2.56. The SMILES string of the molecule is CSC(C)(C)Cn1c(=S)[nH]c2cccc(Cl)c21. The number of aromatic amines is 1. The highest BCUT2D eigenvalue weighted by Gasteiger charge is 2.19. The lowest BCUT2D eigenvalue weighted by molar-refractivity contribution is 0.575. The molecule has 0 spiro atoms. The first-order chi connectivity index (χ1) is 7.94. The summed E-state index contributed by atoms with van der Waals surface area (Å²) in [4.78, 5) is 3.20. The summed E-state index contributed by atoms with van der Waals surface area (Å²) in [6.45, 7) is 5.25. The quantitative estimate of drug-likeness (QED) is 0.839. The van der Waals surface area contributed by atoms with Gasteiger partial charge in [-0.1, -0.05) is 17.7 Å². The summed E-state index contributed by atoms with van der Waals surface area (Å²) >= 11 is 13.4. The summed E-state index contributed by atoms with van der Waals surface area (Å²) < 4.78 is 2.95. The van der Waals surface area contributed by atoms with Gasteiger partial charge < -0.3 is 9.55 Å². The van der Waals surface area contributed by atoms with Gasteiger partial charge in [-0.3, -0.25) is 0 Å². The summed E-state index contributed by atoms with van der Waals surface area (Å²) in [6, 6.07) is 5.83. The lowest BCUT2D eigenvalue weighted by Crippen LogP contribution is -2.22. The smallest absolute Gasteiger partial charge is 0.178 e. The van der Waals surface area contributed by atoms with Crippen molar-refractivity contribution in [3.05, 3.63) is 28.0 Å². The number of thioether (sulfide) groups is 1. The van der Waals surface area contributed by atoms with Crippen LogP contribution in [0.15, 0.2) is 18.2 Å². The van der Waals surface area contributed by atoms with E-state index in [1.807, 2.05) is 30.0 Å². The van der Waals surface area contributed by atoms with Crippen LogP contribution in [0.5, 0.6) is 0 Å². The number of halogens is 1. The van der Waals surface area contributed by atoms with Gasteiger partial charge in [-0.15, -0.1) is 0 Å². The Morgan fingerprint density at radius 3 is 2.82 bits per heavy atom. The maximum atomic E-state index is 6.25. The standard InChI is InChI=1S/C12H15ClN2S2/c1-12(2,17-3)7-15-10-8(13)5-4-6-9(10)14-11(15)16/h4-6H,7H2,1-3H3,(H,14,16). The van der Waals surface area contributed by atoms with Crippen LogP contribution in [0, 0.1) is 4.77 Å². The summed E-state index contributed by atoms with van der Waals surface area (Å²) in [6.07, 6.45) is 2.11. The van der Waals surface area contributed by atoms with Gasteiger partial charge in [-0.05, 0) is 44.5 Å². The molecular formula is C12H15ClN2S2. The maximum absolute atomic E-state index is 6.25. The van der Waals surface area contributed by atoms with E-state index in [0.29, 0.717) is 0 Å². The maximum Gasteiger partial charge on any atom is 0.178 e. The van der Waals surface area contributed by atoms with Crippen molar-refractivity contribution in [2.45, 2.75) is 25.1 Å². The van der Waals surface area contributed by atoms with E-state index < -0.39 is 0 Å². The highest BCUT2D eigenvalue weighted by Crippen LogP contribution is 2.28. The normalized spacial score (nSPS) is 12.2. The molecule has 0 saturated heterocycles. The molecular weight excluding hydrogens is 272 g/mol. The van der Waals surface area contributed by atoms with Crippen molar-refractivity contribution in [1.29, 1.82) is 0 Å². The van der Waals surface area contributed by atoms with Gasteiger partial charge in [0.1, 0.15) is 0 Å². The molecule has 2 aromatic rings. The van der Waals surface area contributed by atoms with E-state index in [4.69, 9.17) is 23.8 Å². The van der Waals surface area contributed by atoms with Crippen LogP contribution in [0.25, 0.3) is 11.0 Å². The van der Waals surface area contributed by atoms with Gasteiger partial charge in [0.15, 0.2) is 4.77 Å². The Hall–Kier alpha value is -0.450. The van der Waals surface area contributed by atoms with Gasteiger partial charge in [0.2, 0.25) is 0 Å². The van der Waals surface area contributed by atoms with E-state index >= 15 is 0 Å². The van der Waals surface area contributed by atoms with Crippen LogP contribution in [0.4, 0.5) is 0 Å². The van der Waals surface area contributed by atoms with E-state index in [-0.39, 0.29) is 4.75 Å². The van der Waals surface area contributed by atoms with Crippen molar-refractivity contribution in [1.82, 2.24) is 9.55 Å². The Kier molecular flexibility index (Phi) is 3.57. The van der Waals surface area contributed by atoms with Crippen molar-refractivity contribution >= 4 is 46.6 Å². The number of hydrogen-bond acceptors (Lipinski definition) is 2. The minimum atomic E-state index is 0.131. The van der Waals surface area contributed by atoms with Crippen molar-refractivity contribution in [3.8, 4) is 0 Å². The minimum absolute atomic E-state index is 0.131. The predicted octanol–water partition coefficient (Wildman–Crippen LogP) is 4.49. The second-order valence-electron chi connectivity index (χ2n) is 4.62.